The van der Waals surface area contributed by atoms with Gasteiger partial charge in [0.15, 0.2) is 15.8 Å². The van der Waals surface area contributed by atoms with Crippen molar-refractivity contribution in [1.82, 2.24) is 10.6 Å². The van der Waals surface area contributed by atoms with Crippen molar-refractivity contribution in [2.45, 2.75) is 25.3 Å². The molecule has 0 atom stereocenters. The van der Waals surface area contributed by atoms with Crippen molar-refractivity contribution in [2.75, 3.05) is 31.4 Å². The lowest BCUT2D eigenvalue weighted by molar-refractivity contribution is 0.599. The highest BCUT2D eigenvalue weighted by atomic mass is 127. The van der Waals surface area contributed by atoms with Crippen LogP contribution >= 0.6 is 24.0 Å². The van der Waals surface area contributed by atoms with Crippen LogP contribution in [0.4, 0.5) is 0 Å². The predicted octanol–water partition coefficient (Wildman–Crippen LogP) is 1.12. The number of benzene rings is 1. The molecule has 0 fully saturated rings. The lowest BCUT2D eigenvalue weighted by Crippen LogP contribution is -2.39. The fraction of sp³-hybridized carbons (Fsp3) is 0.533. The first-order valence-corrected chi connectivity index (χ1v) is 11.5. The molecule has 0 bridgehead atoms. The van der Waals surface area contributed by atoms with Gasteiger partial charge in [0.2, 0.25) is 0 Å². The Balaban J connectivity index is 0.00000576. The second-order valence-electron chi connectivity index (χ2n) is 5.62. The summed E-state index contributed by atoms with van der Waals surface area (Å²) >= 11 is 0. The molecule has 0 aliphatic heterocycles. The molecule has 7 nitrogen and oxygen atoms in total. The Morgan fingerprint density at radius 2 is 1.76 bits per heavy atom. The number of halogens is 1. The molecular formula is C15H26IN3O4S2. The minimum Gasteiger partial charge on any atom is -0.357 e. The molecule has 1 rings (SSSR count). The summed E-state index contributed by atoms with van der Waals surface area (Å²) in [6.45, 7) is 4.95. The van der Waals surface area contributed by atoms with Crippen LogP contribution in [0, 0.1) is 6.92 Å². The SMILES string of the molecule is CCNC(=NCc1ccc(S(C)(=O)=O)c(C)c1)NCCS(C)(=O)=O.I. The van der Waals surface area contributed by atoms with Crippen LogP contribution in [0.1, 0.15) is 18.1 Å². The van der Waals surface area contributed by atoms with Gasteiger partial charge in [-0.25, -0.2) is 21.8 Å². The average molecular weight is 503 g/mol. The zero-order valence-corrected chi connectivity index (χ0v) is 18.8. The lowest BCUT2D eigenvalue weighted by atomic mass is 10.1. The van der Waals surface area contributed by atoms with E-state index >= 15 is 0 Å². The highest BCUT2D eigenvalue weighted by molar-refractivity contribution is 14.0. The van der Waals surface area contributed by atoms with Gasteiger partial charge < -0.3 is 10.6 Å². The predicted molar refractivity (Wildman–Crippen MR) is 112 cm³/mol. The van der Waals surface area contributed by atoms with Gasteiger partial charge in [-0.1, -0.05) is 12.1 Å². The largest absolute Gasteiger partial charge is 0.357 e. The molecule has 0 amide bonds. The molecular weight excluding hydrogens is 477 g/mol. The Bertz CT molecular complexity index is 806. The molecule has 0 radical (unpaired) electrons. The summed E-state index contributed by atoms with van der Waals surface area (Å²) in [7, 11) is -6.26. The van der Waals surface area contributed by atoms with E-state index in [2.05, 4.69) is 15.6 Å². The quantitative estimate of drug-likeness (QED) is 0.328. The fourth-order valence-corrected chi connectivity index (χ4v) is 3.52. The fourth-order valence-electron chi connectivity index (χ4n) is 2.09. The topological polar surface area (TPSA) is 105 Å². The first kappa shape index (κ1) is 24.1. The van der Waals surface area contributed by atoms with Gasteiger partial charge in [-0.05, 0) is 31.0 Å². The van der Waals surface area contributed by atoms with Crippen LogP contribution in [0.5, 0.6) is 0 Å². The van der Waals surface area contributed by atoms with Gasteiger partial charge in [0.1, 0.15) is 9.84 Å². The van der Waals surface area contributed by atoms with Gasteiger partial charge in [0.25, 0.3) is 0 Å². The van der Waals surface area contributed by atoms with Gasteiger partial charge in [0.05, 0.1) is 17.2 Å². The highest BCUT2D eigenvalue weighted by Crippen LogP contribution is 2.17. The summed E-state index contributed by atoms with van der Waals surface area (Å²) in [6, 6.07) is 5.10. The van der Waals surface area contributed by atoms with Crippen LogP contribution in [0.3, 0.4) is 0 Å². The molecule has 144 valence electrons. The van der Waals surface area contributed by atoms with E-state index < -0.39 is 19.7 Å². The number of sulfone groups is 2. The average Bonchev–Trinajstić information content (AvgIpc) is 2.42. The van der Waals surface area contributed by atoms with E-state index in [0.717, 1.165) is 5.56 Å². The zero-order valence-electron chi connectivity index (χ0n) is 14.9. The molecule has 2 N–H and O–H groups in total. The van der Waals surface area contributed by atoms with Crippen LogP contribution in [-0.4, -0.2) is 54.1 Å². The molecule has 0 aromatic heterocycles. The van der Waals surface area contributed by atoms with Crippen LogP contribution in [0.2, 0.25) is 0 Å². The number of rotatable bonds is 7. The van der Waals surface area contributed by atoms with E-state index in [1.165, 1.54) is 12.5 Å². The van der Waals surface area contributed by atoms with Crippen LogP contribution in [-0.2, 0) is 26.2 Å². The second kappa shape index (κ2) is 10.3. The summed E-state index contributed by atoms with van der Waals surface area (Å²) in [5.74, 6) is 0.547. The van der Waals surface area contributed by atoms with Crippen molar-refractivity contribution >= 4 is 49.6 Å². The number of nitrogens with one attached hydrogen (secondary N) is 2. The van der Waals surface area contributed by atoms with E-state index in [1.54, 1.807) is 25.1 Å². The number of hydrogen-bond acceptors (Lipinski definition) is 5. The zero-order chi connectivity index (χ0) is 18.4. The molecule has 0 heterocycles. The number of aliphatic imine (C=N–C) groups is 1. The van der Waals surface area contributed by atoms with Gasteiger partial charge in [-0.2, -0.15) is 0 Å². The van der Waals surface area contributed by atoms with Crippen LogP contribution < -0.4 is 10.6 Å². The summed E-state index contributed by atoms with van der Waals surface area (Å²) < 4.78 is 45.5. The van der Waals surface area contributed by atoms with E-state index in [1.807, 2.05) is 6.92 Å². The number of nitrogens with zero attached hydrogens (tertiary/aromatic N) is 1. The van der Waals surface area contributed by atoms with Crippen molar-refractivity contribution in [3.05, 3.63) is 29.3 Å². The third-order valence-corrected chi connectivity index (χ3v) is 5.37. The van der Waals surface area contributed by atoms with Crippen LogP contribution in [0.15, 0.2) is 28.1 Å². The molecule has 0 saturated heterocycles. The van der Waals surface area contributed by atoms with Crippen LogP contribution in [0.25, 0.3) is 0 Å². The van der Waals surface area contributed by atoms with Crippen molar-refractivity contribution in [2.24, 2.45) is 4.99 Å². The first-order valence-electron chi connectivity index (χ1n) is 7.52. The Kier molecular flexibility index (Phi) is 9.95. The third-order valence-electron chi connectivity index (χ3n) is 3.17. The third kappa shape index (κ3) is 9.40. The molecule has 25 heavy (non-hydrogen) atoms. The van der Waals surface area contributed by atoms with E-state index in [0.29, 0.717) is 29.5 Å². The van der Waals surface area contributed by atoms with Crippen molar-refractivity contribution in [1.29, 1.82) is 0 Å². The summed E-state index contributed by atoms with van der Waals surface area (Å²) in [5.41, 5.74) is 1.56. The number of hydrogen-bond donors (Lipinski definition) is 2. The van der Waals surface area contributed by atoms with Crippen molar-refractivity contribution in [3.8, 4) is 0 Å². The standard InChI is InChI=1S/C15H25N3O4S2.HI/c1-5-16-15(17-8-9-23(3,19)20)18-11-13-6-7-14(12(2)10-13)24(4,21)22;/h6-7,10H,5,8-9,11H2,1-4H3,(H2,16,17,18);1H. The van der Waals surface area contributed by atoms with E-state index in [-0.39, 0.29) is 36.3 Å². The van der Waals surface area contributed by atoms with E-state index in [4.69, 9.17) is 0 Å². The molecule has 0 unspecified atom stereocenters. The monoisotopic (exact) mass is 503 g/mol. The summed E-state index contributed by atoms with van der Waals surface area (Å²) in [4.78, 5) is 4.70. The molecule has 1 aromatic carbocycles. The lowest BCUT2D eigenvalue weighted by Gasteiger charge is -2.11. The Hall–Kier alpha value is -0.880. The maximum absolute atomic E-state index is 11.6. The Labute approximate surface area is 167 Å². The summed E-state index contributed by atoms with van der Waals surface area (Å²) in [5, 5.41) is 6.00. The minimum atomic E-state index is -3.23. The Morgan fingerprint density at radius 1 is 1.12 bits per heavy atom. The maximum atomic E-state index is 11.6. The second-order valence-corrected chi connectivity index (χ2v) is 9.87. The van der Waals surface area contributed by atoms with Crippen molar-refractivity contribution < 1.29 is 16.8 Å². The highest BCUT2D eigenvalue weighted by Gasteiger charge is 2.10. The summed E-state index contributed by atoms with van der Waals surface area (Å²) in [6.07, 6.45) is 2.37. The van der Waals surface area contributed by atoms with Gasteiger partial charge in [-0.3, -0.25) is 0 Å². The molecule has 0 saturated carbocycles. The first-order chi connectivity index (χ1) is 11.0. The van der Waals surface area contributed by atoms with Crippen molar-refractivity contribution in [3.63, 3.8) is 0 Å². The van der Waals surface area contributed by atoms with E-state index in [9.17, 15) is 16.8 Å². The molecule has 0 aliphatic rings. The number of aryl methyl sites for hydroxylation is 1. The number of guanidine groups is 1. The van der Waals surface area contributed by atoms with Gasteiger partial charge in [-0.15, -0.1) is 24.0 Å². The molecule has 0 spiro atoms. The molecule has 10 heteroatoms. The molecule has 0 aliphatic carbocycles. The van der Waals surface area contributed by atoms with Gasteiger partial charge in [0, 0.05) is 25.6 Å². The normalized spacial score (nSPS) is 12.4. The smallest absolute Gasteiger partial charge is 0.191 e. The molecule has 1 aromatic rings. The Morgan fingerprint density at radius 3 is 2.24 bits per heavy atom. The minimum absolute atomic E-state index is 0. The van der Waals surface area contributed by atoms with Gasteiger partial charge >= 0.3 is 0 Å². The maximum Gasteiger partial charge on any atom is 0.191 e.